The van der Waals surface area contributed by atoms with E-state index >= 15 is 0 Å². The molecule has 0 saturated carbocycles. The highest BCUT2D eigenvalue weighted by Crippen LogP contribution is 2.32. The van der Waals surface area contributed by atoms with Gasteiger partial charge in [-0.15, -0.1) is 0 Å². The van der Waals surface area contributed by atoms with Crippen LogP contribution in [0.5, 0.6) is 11.5 Å². The van der Waals surface area contributed by atoms with Crippen molar-refractivity contribution in [3.63, 3.8) is 0 Å². The van der Waals surface area contributed by atoms with E-state index in [-0.39, 0.29) is 12.6 Å². The van der Waals surface area contributed by atoms with Gasteiger partial charge in [-0.2, -0.15) is 5.10 Å². The van der Waals surface area contributed by atoms with Gasteiger partial charge in [-0.1, -0.05) is 36.0 Å². The summed E-state index contributed by atoms with van der Waals surface area (Å²) in [7, 11) is 0. The smallest absolute Gasteiger partial charge is 0.231 e. The molecule has 0 atom stereocenters. The Hall–Kier alpha value is -2.54. The van der Waals surface area contributed by atoms with Gasteiger partial charge in [0, 0.05) is 11.3 Å². The molecule has 0 radical (unpaired) electrons. The number of nitrogens with zero attached hydrogens (tertiary/aromatic N) is 2. The van der Waals surface area contributed by atoms with E-state index in [2.05, 4.69) is 15.5 Å². The minimum Gasteiger partial charge on any atom is -0.454 e. The van der Waals surface area contributed by atoms with Crippen LogP contribution in [0.15, 0.2) is 52.6 Å². The average Bonchev–Trinajstić information content (AvgIpc) is 3.09. The Morgan fingerprint density at radius 2 is 2.04 bits per heavy atom. The molecule has 0 aliphatic carbocycles. The molecule has 7 heteroatoms. The minimum absolute atomic E-state index is 0.262. The van der Waals surface area contributed by atoms with Crippen LogP contribution in [-0.4, -0.2) is 23.4 Å². The summed E-state index contributed by atoms with van der Waals surface area (Å²) in [6.45, 7) is 0.773. The number of rotatable bonds is 3. The van der Waals surface area contributed by atoms with Crippen molar-refractivity contribution in [1.29, 1.82) is 0 Å². The van der Waals surface area contributed by atoms with E-state index in [1.165, 1.54) is 17.8 Å². The molecule has 2 aliphatic rings. The Morgan fingerprint density at radius 3 is 2.88 bits per heavy atom. The monoisotopic (exact) mass is 343 g/mol. The highest BCUT2D eigenvalue weighted by atomic mass is 32.2. The number of ether oxygens (including phenoxy) is 2. The van der Waals surface area contributed by atoms with Crippen molar-refractivity contribution >= 4 is 22.6 Å². The van der Waals surface area contributed by atoms with Gasteiger partial charge in [-0.3, -0.25) is 10.4 Å². The van der Waals surface area contributed by atoms with Gasteiger partial charge >= 0.3 is 0 Å². The van der Waals surface area contributed by atoms with Crippen LogP contribution in [0.2, 0.25) is 0 Å². The molecule has 0 aromatic heterocycles. The number of hydrogen-bond acceptors (Lipinski definition) is 5. The number of aliphatic imine (C=N–C) groups is 1. The van der Waals surface area contributed by atoms with Crippen molar-refractivity contribution in [2.75, 3.05) is 12.5 Å². The van der Waals surface area contributed by atoms with Gasteiger partial charge in [0.25, 0.3) is 0 Å². The zero-order chi connectivity index (χ0) is 16.4. The molecular weight excluding hydrogens is 329 g/mol. The van der Waals surface area contributed by atoms with Gasteiger partial charge in [0.15, 0.2) is 16.7 Å². The van der Waals surface area contributed by atoms with Crippen LogP contribution in [0.3, 0.4) is 0 Å². The van der Waals surface area contributed by atoms with Crippen LogP contribution < -0.4 is 14.9 Å². The van der Waals surface area contributed by atoms with E-state index in [0.29, 0.717) is 28.7 Å². The molecule has 2 heterocycles. The maximum Gasteiger partial charge on any atom is 0.231 e. The second-order valence-electron chi connectivity index (χ2n) is 5.25. The SMILES string of the molecule is Fc1ccccc1C1=NNC(=NCc2ccc3c(c2)OCO3)SC1. The first-order valence-electron chi connectivity index (χ1n) is 7.43. The lowest BCUT2D eigenvalue weighted by Crippen LogP contribution is -2.26. The molecule has 2 aromatic rings. The minimum atomic E-state index is -0.264. The average molecular weight is 343 g/mol. The number of hydrogen-bond donors (Lipinski definition) is 1. The summed E-state index contributed by atoms with van der Waals surface area (Å²) in [5.41, 5.74) is 5.12. The molecule has 0 bridgehead atoms. The number of thioether (sulfide) groups is 1. The second kappa shape index (κ2) is 6.52. The van der Waals surface area contributed by atoms with E-state index in [1.54, 1.807) is 18.2 Å². The lowest BCUT2D eigenvalue weighted by Gasteiger charge is -2.15. The van der Waals surface area contributed by atoms with Crippen molar-refractivity contribution < 1.29 is 13.9 Å². The Labute approximate surface area is 142 Å². The van der Waals surface area contributed by atoms with Gasteiger partial charge in [-0.05, 0) is 23.8 Å². The summed E-state index contributed by atoms with van der Waals surface area (Å²) in [6.07, 6.45) is 0. The molecule has 0 fully saturated rings. The Bertz CT molecular complexity index is 838. The van der Waals surface area contributed by atoms with E-state index in [1.807, 2.05) is 18.2 Å². The number of benzene rings is 2. The quantitative estimate of drug-likeness (QED) is 0.930. The third-order valence-electron chi connectivity index (χ3n) is 3.66. The van der Waals surface area contributed by atoms with E-state index < -0.39 is 0 Å². The summed E-state index contributed by atoms with van der Waals surface area (Å²) < 4.78 is 24.4. The van der Waals surface area contributed by atoms with Crippen LogP contribution in [0.4, 0.5) is 4.39 Å². The van der Waals surface area contributed by atoms with Crippen molar-refractivity contribution in [3.8, 4) is 11.5 Å². The van der Waals surface area contributed by atoms with Gasteiger partial charge in [0.1, 0.15) is 5.82 Å². The standard InChI is InChI=1S/C17H14FN3O2S/c18-13-4-2-1-3-12(13)14-9-24-17(21-20-14)19-8-11-5-6-15-16(7-11)23-10-22-15/h1-7H,8-10H2,(H,19,21). The molecule has 5 nitrogen and oxygen atoms in total. The third kappa shape index (κ3) is 3.07. The largest absolute Gasteiger partial charge is 0.454 e. The fourth-order valence-electron chi connectivity index (χ4n) is 2.43. The summed E-state index contributed by atoms with van der Waals surface area (Å²) in [5, 5.41) is 4.96. The van der Waals surface area contributed by atoms with Crippen molar-refractivity contribution in [2.24, 2.45) is 10.1 Å². The fraction of sp³-hybridized carbons (Fsp3) is 0.176. The number of fused-ring (bicyclic) bond motifs is 1. The predicted octanol–water partition coefficient (Wildman–Crippen LogP) is 3.15. The summed E-state index contributed by atoms with van der Waals surface area (Å²) in [5.74, 6) is 1.82. The number of nitrogens with one attached hydrogen (secondary N) is 1. The first-order chi connectivity index (χ1) is 11.8. The van der Waals surface area contributed by atoms with Gasteiger partial charge in [0.05, 0.1) is 12.3 Å². The molecular formula is C17H14FN3O2S. The lowest BCUT2D eigenvalue weighted by atomic mass is 10.1. The molecule has 0 saturated heterocycles. The van der Waals surface area contributed by atoms with Crippen LogP contribution in [0.25, 0.3) is 0 Å². The molecule has 2 aliphatic heterocycles. The Kier molecular flexibility index (Phi) is 4.08. The highest BCUT2D eigenvalue weighted by Gasteiger charge is 2.16. The maximum absolute atomic E-state index is 13.8. The Balaban J connectivity index is 1.44. The lowest BCUT2D eigenvalue weighted by molar-refractivity contribution is 0.174. The first kappa shape index (κ1) is 15.0. The zero-order valence-corrected chi connectivity index (χ0v) is 13.5. The first-order valence-corrected chi connectivity index (χ1v) is 8.41. The molecule has 122 valence electrons. The number of halogens is 1. The van der Waals surface area contributed by atoms with E-state index in [0.717, 1.165) is 17.1 Å². The third-order valence-corrected chi connectivity index (χ3v) is 4.57. The van der Waals surface area contributed by atoms with E-state index in [4.69, 9.17) is 9.47 Å². The molecule has 1 N–H and O–H groups in total. The van der Waals surface area contributed by atoms with E-state index in [9.17, 15) is 4.39 Å². The van der Waals surface area contributed by atoms with Gasteiger partial charge in [0.2, 0.25) is 6.79 Å². The van der Waals surface area contributed by atoms with Gasteiger partial charge < -0.3 is 9.47 Å². The normalized spacial score (nSPS) is 17.5. The topological polar surface area (TPSA) is 55.2 Å². The Morgan fingerprint density at radius 1 is 1.17 bits per heavy atom. The summed E-state index contributed by atoms with van der Waals surface area (Å²) in [6, 6.07) is 12.4. The molecule has 24 heavy (non-hydrogen) atoms. The van der Waals surface area contributed by atoms with Crippen LogP contribution in [-0.2, 0) is 6.54 Å². The second-order valence-corrected chi connectivity index (χ2v) is 6.21. The summed E-state index contributed by atoms with van der Waals surface area (Å²) in [4.78, 5) is 4.50. The number of hydrazone groups is 1. The molecule has 0 unspecified atom stereocenters. The van der Waals surface area contributed by atoms with Crippen LogP contribution in [0.1, 0.15) is 11.1 Å². The maximum atomic E-state index is 13.8. The fourth-order valence-corrected chi connectivity index (χ4v) is 3.19. The van der Waals surface area contributed by atoms with Crippen molar-refractivity contribution in [3.05, 3.63) is 59.4 Å². The number of amidine groups is 1. The van der Waals surface area contributed by atoms with Crippen LogP contribution >= 0.6 is 11.8 Å². The molecule has 0 spiro atoms. The predicted molar refractivity (Wildman–Crippen MR) is 92.2 cm³/mol. The molecule has 4 rings (SSSR count). The van der Waals surface area contributed by atoms with Crippen molar-refractivity contribution in [2.45, 2.75) is 6.54 Å². The van der Waals surface area contributed by atoms with Crippen LogP contribution in [0, 0.1) is 5.82 Å². The molecule has 0 amide bonds. The van der Waals surface area contributed by atoms with Crippen molar-refractivity contribution in [1.82, 2.24) is 5.43 Å². The zero-order valence-electron chi connectivity index (χ0n) is 12.7. The van der Waals surface area contributed by atoms with Gasteiger partial charge in [-0.25, -0.2) is 4.39 Å². The molecule has 2 aromatic carbocycles. The highest BCUT2D eigenvalue weighted by molar-refractivity contribution is 8.14. The summed E-state index contributed by atoms with van der Waals surface area (Å²) >= 11 is 1.51.